The highest BCUT2D eigenvalue weighted by atomic mass is 32.2. The van der Waals surface area contributed by atoms with Crippen LogP contribution in [0.5, 0.6) is 0 Å². The van der Waals surface area contributed by atoms with Gasteiger partial charge in [-0.15, -0.1) is 0 Å². The number of esters is 1. The zero-order valence-corrected chi connectivity index (χ0v) is 10.9. The van der Waals surface area contributed by atoms with Crippen LogP contribution in [-0.4, -0.2) is 44.0 Å². The number of ether oxygens (including phenoxy) is 1. The van der Waals surface area contributed by atoms with Gasteiger partial charge in [0.2, 0.25) is 15.0 Å². The summed E-state index contributed by atoms with van der Waals surface area (Å²) < 4.78 is 27.4. The second kappa shape index (κ2) is 4.13. The van der Waals surface area contributed by atoms with Gasteiger partial charge in [-0.05, 0) is 13.8 Å². The highest BCUT2D eigenvalue weighted by molar-refractivity contribution is 8.05. The van der Waals surface area contributed by atoms with Crippen molar-refractivity contribution in [2.24, 2.45) is 15.0 Å². The quantitative estimate of drug-likeness (QED) is 0.663. The summed E-state index contributed by atoms with van der Waals surface area (Å²) in [5, 5.41) is -0.279. The van der Waals surface area contributed by atoms with Gasteiger partial charge in [-0.1, -0.05) is 0 Å². The molecule has 2 aliphatic heterocycles. The Hall–Kier alpha value is -1.83. The van der Waals surface area contributed by atoms with Crippen molar-refractivity contribution < 1.29 is 17.9 Å². The first-order valence-corrected chi connectivity index (χ1v) is 7.08. The first-order valence-electron chi connectivity index (χ1n) is 5.19. The normalized spacial score (nSPS) is 18.3. The molecular weight excluding hydrogens is 258 g/mol. The summed E-state index contributed by atoms with van der Waals surface area (Å²) >= 11 is 0. The van der Waals surface area contributed by atoms with E-state index in [-0.39, 0.29) is 23.3 Å². The van der Waals surface area contributed by atoms with Gasteiger partial charge in [0.15, 0.2) is 11.5 Å². The van der Waals surface area contributed by atoms with Gasteiger partial charge >= 0.3 is 5.97 Å². The fraction of sp³-hybridized carbons (Fsp3) is 0.400. The summed E-state index contributed by atoms with van der Waals surface area (Å²) in [5.74, 6) is -0.410. The number of rotatable bonds is 2. The summed E-state index contributed by atoms with van der Waals surface area (Å²) in [6.45, 7) is 3.56. The second-order valence-corrected chi connectivity index (χ2v) is 5.67. The smallest absolute Gasteiger partial charge is 0.357 e. The average molecular weight is 269 g/mol. The molecule has 2 aliphatic rings. The van der Waals surface area contributed by atoms with Crippen LogP contribution in [0.25, 0.3) is 0 Å². The van der Waals surface area contributed by atoms with Gasteiger partial charge in [0, 0.05) is 11.8 Å². The fourth-order valence-corrected chi connectivity index (χ4v) is 2.02. The standard InChI is InChI=1S/C10H11N3O4S/c1-4-17-9(14)7-5(2)6-8(11-7)13-10(12-6)18(3,15)16/h4H2,1-3H3. The van der Waals surface area contributed by atoms with Crippen LogP contribution in [0.2, 0.25) is 0 Å². The molecule has 0 amide bonds. The number of carbonyl (C=O) groups is 1. The lowest BCUT2D eigenvalue weighted by Gasteiger charge is -2.01. The van der Waals surface area contributed by atoms with Crippen molar-refractivity contribution in [1.29, 1.82) is 0 Å². The summed E-state index contributed by atoms with van der Waals surface area (Å²) in [6.07, 6.45) is 1.02. The van der Waals surface area contributed by atoms with Gasteiger partial charge in [-0.3, -0.25) is 0 Å². The minimum Gasteiger partial charge on any atom is -0.461 e. The van der Waals surface area contributed by atoms with Crippen LogP contribution in [0.3, 0.4) is 0 Å². The molecule has 0 aromatic heterocycles. The van der Waals surface area contributed by atoms with Crippen molar-refractivity contribution in [3.05, 3.63) is 11.3 Å². The third-order valence-electron chi connectivity index (χ3n) is 2.35. The SMILES string of the molecule is CCOC(=O)C1=NC2=NC(S(C)(=O)=O)=NC2=C1C. The lowest BCUT2D eigenvalue weighted by Crippen LogP contribution is -2.17. The number of amidine groups is 2. The number of hydrogen-bond donors (Lipinski definition) is 0. The zero-order chi connectivity index (χ0) is 13.5. The van der Waals surface area contributed by atoms with Crippen molar-refractivity contribution in [3.8, 4) is 0 Å². The molecular formula is C10H11N3O4S. The van der Waals surface area contributed by atoms with Crippen LogP contribution in [0.4, 0.5) is 0 Å². The highest BCUT2D eigenvalue weighted by Crippen LogP contribution is 2.25. The van der Waals surface area contributed by atoms with E-state index >= 15 is 0 Å². The van der Waals surface area contributed by atoms with Crippen molar-refractivity contribution in [3.63, 3.8) is 0 Å². The van der Waals surface area contributed by atoms with E-state index in [9.17, 15) is 13.2 Å². The lowest BCUT2D eigenvalue weighted by atomic mass is 10.2. The molecule has 0 aromatic rings. The topological polar surface area (TPSA) is 97.5 Å². The van der Waals surface area contributed by atoms with Crippen LogP contribution >= 0.6 is 0 Å². The zero-order valence-electron chi connectivity index (χ0n) is 10.1. The first kappa shape index (κ1) is 12.6. The van der Waals surface area contributed by atoms with Gasteiger partial charge in [-0.25, -0.2) is 23.2 Å². The summed E-state index contributed by atoms with van der Waals surface area (Å²) in [7, 11) is -3.47. The second-order valence-electron chi connectivity index (χ2n) is 3.76. The molecule has 2 rings (SSSR count). The molecule has 8 heteroatoms. The van der Waals surface area contributed by atoms with Crippen LogP contribution in [-0.2, 0) is 19.4 Å². The van der Waals surface area contributed by atoms with Crippen LogP contribution in [0.1, 0.15) is 13.8 Å². The molecule has 0 unspecified atom stereocenters. The monoisotopic (exact) mass is 269 g/mol. The Morgan fingerprint density at radius 2 is 1.94 bits per heavy atom. The molecule has 0 aliphatic carbocycles. The summed E-state index contributed by atoms with van der Waals surface area (Å²) in [5.41, 5.74) is 0.922. The number of fused-ring (bicyclic) bond motifs is 1. The predicted octanol–water partition coefficient (Wildman–Crippen LogP) is 0.0908. The molecule has 18 heavy (non-hydrogen) atoms. The Bertz CT molecular complexity index is 653. The molecule has 0 bridgehead atoms. The summed E-state index contributed by atoms with van der Waals surface area (Å²) in [6, 6.07) is 0. The highest BCUT2D eigenvalue weighted by Gasteiger charge is 2.33. The van der Waals surface area contributed by atoms with Gasteiger partial charge in [0.1, 0.15) is 5.70 Å². The molecule has 0 fully saturated rings. The Morgan fingerprint density at radius 3 is 2.44 bits per heavy atom. The average Bonchev–Trinajstić information content (AvgIpc) is 2.78. The maximum absolute atomic E-state index is 11.6. The molecule has 0 radical (unpaired) electrons. The first-order chi connectivity index (χ1) is 8.34. The number of carbonyl (C=O) groups excluding carboxylic acids is 1. The largest absolute Gasteiger partial charge is 0.461 e. The molecule has 7 nitrogen and oxygen atoms in total. The van der Waals surface area contributed by atoms with Crippen LogP contribution in [0, 0.1) is 0 Å². The van der Waals surface area contributed by atoms with Crippen molar-refractivity contribution in [2.45, 2.75) is 13.8 Å². The van der Waals surface area contributed by atoms with Gasteiger partial charge in [-0.2, -0.15) is 4.99 Å². The number of hydrogen-bond acceptors (Lipinski definition) is 7. The number of sulfone groups is 1. The van der Waals surface area contributed by atoms with E-state index in [0.29, 0.717) is 11.3 Å². The van der Waals surface area contributed by atoms with Crippen molar-refractivity contribution in [1.82, 2.24) is 0 Å². The Balaban J connectivity index is 2.38. The van der Waals surface area contributed by atoms with E-state index in [1.54, 1.807) is 13.8 Å². The van der Waals surface area contributed by atoms with Gasteiger partial charge < -0.3 is 4.74 Å². The Labute approximate surface area is 104 Å². The van der Waals surface area contributed by atoms with Gasteiger partial charge in [0.25, 0.3) is 0 Å². The lowest BCUT2D eigenvalue weighted by molar-refractivity contribution is -0.134. The minimum atomic E-state index is -3.47. The number of aliphatic imine (C=N–C) groups is 3. The molecule has 0 spiro atoms. The molecule has 0 N–H and O–H groups in total. The molecule has 0 aromatic carbocycles. The molecule has 0 saturated heterocycles. The maximum Gasteiger partial charge on any atom is 0.357 e. The van der Waals surface area contributed by atoms with E-state index in [4.69, 9.17) is 4.74 Å². The van der Waals surface area contributed by atoms with E-state index < -0.39 is 15.8 Å². The van der Waals surface area contributed by atoms with Crippen LogP contribution < -0.4 is 0 Å². The third kappa shape index (κ3) is 1.99. The maximum atomic E-state index is 11.6. The van der Waals surface area contributed by atoms with E-state index in [2.05, 4.69) is 15.0 Å². The number of nitrogens with zero attached hydrogens (tertiary/aromatic N) is 3. The summed E-state index contributed by atoms with van der Waals surface area (Å²) in [4.78, 5) is 23.2. The Morgan fingerprint density at radius 1 is 1.28 bits per heavy atom. The van der Waals surface area contributed by atoms with Gasteiger partial charge in [0.05, 0.1) is 6.61 Å². The fourth-order valence-electron chi connectivity index (χ4n) is 1.51. The molecule has 0 saturated carbocycles. The predicted molar refractivity (Wildman–Crippen MR) is 66.5 cm³/mol. The molecule has 0 atom stereocenters. The molecule has 96 valence electrons. The van der Waals surface area contributed by atoms with Crippen molar-refractivity contribution in [2.75, 3.05) is 12.9 Å². The van der Waals surface area contributed by atoms with E-state index in [1.165, 1.54) is 0 Å². The Kier molecular flexibility index (Phi) is 2.89. The van der Waals surface area contributed by atoms with E-state index in [1.807, 2.05) is 0 Å². The third-order valence-corrected chi connectivity index (χ3v) is 3.20. The van der Waals surface area contributed by atoms with Crippen LogP contribution in [0.15, 0.2) is 26.2 Å². The van der Waals surface area contributed by atoms with Crippen molar-refractivity contribution >= 4 is 32.5 Å². The molecule has 2 heterocycles. The van der Waals surface area contributed by atoms with E-state index in [0.717, 1.165) is 6.26 Å². The minimum absolute atomic E-state index is 0.127.